The number of alkyl halides is 3. The molecule has 0 aliphatic rings. The summed E-state index contributed by atoms with van der Waals surface area (Å²) in [6.45, 7) is 1.13. The van der Waals surface area contributed by atoms with Crippen LogP contribution in [0.5, 0.6) is 0 Å². The zero-order valence-electron chi connectivity index (χ0n) is 15.3. The van der Waals surface area contributed by atoms with Crippen molar-refractivity contribution >= 4 is 23.2 Å². The summed E-state index contributed by atoms with van der Waals surface area (Å²) in [5.74, 6) is -3.03. The highest BCUT2D eigenvalue weighted by Crippen LogP contribution is 2.34. The maximum atomic E-state index is 13.6. The number of anilines is 2. The molecule has 0 saturated carbocycles. The third-order valence-electron chi connectivity index (χ3n) is 3.89. The Bertz CT molecular complexity index is 886. The fourth-order valence-electron chi connectivity index (χ4n) is 2.50. The van der Waals surface area contributed by atoms with Gasteiger partial charge in [0.05, 0.1) is 30.0 Å². The normalized spacial score (nSPS) is 11.4. The molecule has 0 bridgehead atoms. The largest absolute Gasteiger partial charge is 0.418 e. The van der Waals surface area contributed by atoms with Gasteiger partial charge in [-0.05, 0) is 30.8 Å². The fraction of sp³-hybridized carbons (Fsp3) is 0.263. The van der Waals surface area contributed by atoms with Gasteiger partial charge >= 0.3 is 6.18 Å². The molecule has 2 amide bonds. The minimum Gasteiger partial charge on any atom is -0.324 e. The highest BCUT2D eigenvalue weighted by molar-refractivity contribution is 5.95. The van der Waals surface area contributed by atoms with Gasteiger partial charge in [0.2, 0.25) is 11.8 Å². The molecular weight excluding hydrogens is 397 g/mol. The SMILES string of the molecule is CCN(CC(=O)Nc1cc(F)ccc1F)CC(=O)Nc1ccccc1C(F)(F)F. The molecule has 2 aromatic carbocycles. The van der Waals surface area contributed by atoms with Crippen molar-refractivity contribution in [2.45, 2.75) is 13.1 Å². The molecule has 0 spiro atoms. The number of hydrogen-bond donors (Lipinski definition) is 2. The summed E-state index contributed by atoms with van der Waals surface area (Å²) in [4.78, 5) is 25.5. The predicted octanol–water partition coefficient (Wildman–Crippen LogP) is 3.88. The minimum atomic E-state index is -4.64. The number of para-hydroxylation sites is 1. The number of rotatable bonds is 7. The molecule has 0 aromatic heterocycles. The number of nitrogens with zero attached hydrogens (tertiary/aromatic N) is 1. The zero-order chi connectivity index (χ0) is 21.6. The van der Waals surface area contributed by atoms with Crippen LogP contribution in [-0.2, 0) is 15.8 Å². The van der Waals surface area contributed by atoms with Gasteiger partial charge in [-0.25, -0.2) is 8.78 Å². The van der Waals surface area contributed by atoms with Gasteiger partial charge in [0, 0.05) is 6.07 Å². The first-order chi connectivity index (χ1) is 13.6. The van der Waals surface area contributed by atoms with Crippen LogP contribution in [0.3, 0.4) is 0 Å². The molecule has 0 radical (unpaired) electrons. The van der Waals surface area contributed by atoms with Crippen LogP contribution in [0.2, 0.25) is 0 Å². The van der Waals surface area contributed by atoms with E-state index in [2.05, 4.69) is 10.6 Å². The first-order valence-electron chi connectivity index (χ1n) is 8.53. The molecule has 0 heterocycles. The van der Waals surface area contributed by atoms with Crippen molar-refractivity contribution < 1.29 is 31.5 Å². The molecule has 0 fully saturated rings. The Morgan fingerprint density at radius 2 is 1.52 bits per heavy atom. The highest BCUT2D eigenvalue weighted by atomic mass is 19.4. The van der Waals surface area contributed by atoms with Crippen molar-refractivity contribution in [3.63, 3.8) is 0 Å². The average Bonchev–Trinajstić information content (AvgIpc) is 2.63. The lowest BCUT2D eigenvalue weighted by atomic mass is 10.1. The number of nitrogens with one attached hydrogen (secondary N) is 2. The first kappa shape index (κ1) is 22.3. The van der Waals surface area contributed by atoms with Gasteiger partial charge in [-0.3, -0.25) is 14.5 Å². The van der Waals surface area contributed by atoms with Gasteiger partial charge < -0.3 is 10.6 Å². The Kier molecular flexibility index (Phi) is 7.27. The van der Waals surface area contributed by atoms with Crippen LogP contribution in [0.1, 0.15) is 12.5 Å². The summed E-state index contributed by atoms with van der Waals surface area (Å²) < 4.78 is 65.7. The van der Waals surface area contributed by atoms with Gasteiger partial charge in [-0.2, -0.15) is 13.2 Å². The molecule has 5 nitrogen and oxygen atoms in total. The maximum Gasteiger partial charge on any atom is 0.418 e. The van der Waals surface area contributed by atoms with E-state index < -0.39 is 40.9 Å². The summed E-state index contributed by atoms with van der Waals surface area (Å²) in [5, 5.41) is 4.37. The van der Waals surface area contributed by atoms with Gasteiger partial charge in [-0.1, -0.05) is 19.1 Å². The third-order valence-corrected chi connectivity index (χ3v) is 3.89. The number of benzene rings is 2. The van der Waals surface area contributed by atoms with Crippen LogP contribution in [0, 0.1) is 11.6 Å². The Labute approximate surface area is 163 Å². The van der Waals surface area contributed by atoms with E-state index in [9.17, 15) is 31.5 Å². The van der Waals surface area contributed by atoms with Crippen molar-refractivity contribution in [2.75, 3.05) is 30.3 Å². The summed E-state index contributed by atoms with van der Waals surface area (Å²) >= 11 is 0. The summed E-state index contributed by atoms with van der Waals surface area (Å²) in [5.41, 5.74) is -1.74. The quantitative estimate of drug-likeness (QED) is 0.675. The number of amides is 2. The average molecular weight is 415 g/mol. The second-order valence-corrected chi connectivity index (χ2v) is 6.07. The molecule has 10 heteroatoms. The van der Waals surface area contributed by atoms with Gasteiger partial charge in [0.15, 0.2) is 0 Å². The van der Waals surface area contributed by atoms with Crippen molar-refractivity contribution in [1.29, 1.82) is 0 Å². The molecule has 2 rings (SSSR count). The van der Waals surface area contributed by atoms with Crippen molar-refractivity contribution in [2.24, 2.45) is 0 Å². The zero-order valence-corrected chi connectivity index (χ0v) is 15.3. The Balaban J connectivity index is 1.98. The predicted molar refractivity (Wildman–Crippen MR) is 97.2 cm³/mol. The Morgan fingerprint density at radius 3 is 2.10 bits per heavy atom. The van der Waals surface area contributed by atoms with Crippen LogP contribution in [0.25, 0.3) is 0 Å². The number of hydrogen-bond acceptors (Lipinski definition) is 3. The number of carbonyl (C=O) groups excluding carboxylic acids is 2. The summed E-state index contributed by atoms with van der Waals surface area (Å²) in [7, 11) is 0. The van der Waals surface area contributed by atoms with Gasteiger partial charge in [0.1, 0.15) is 11.6 Å². The first-order valence-corrected chi connectivity index (χ1v) is 8.53. The summed E-state index contributed by atoms with van der Waals surface area (Å²) in [6.07, 6.45) is -4.64. The molecule has 156 valence electrons. The Morgan fingerprint density at radius 1 is 0.931 bits per heavy atom. The minimum absolute atomic E-state index is 0.216. The Hall–Kier alpha value is -3.01. The third kappa shape index (κ3) is 6.53. The molecule has 0 aliphatic carbocycles. The molecule has 0 unspecified atom stereocenters. The van der Waals surface area contributed by atoms with Crippen LogP contribution in [0.4, 0.5) is 33.3 Å². The monoisotopic (exact) mass is 415 g/mol. The lowest BCUT2D eigenvalue weighted by Gasteiger charge is -2.20. The van der Waals surface area contributed by atoms with Crippen LogP contribution in [-0.4, -0.2) is 36.3 Å². The molecular formula is C19H18F5N3O2. The standard InChI is InChI=1S/C19H18F5N3O2/c1-2-27(11-18(29)26-16-9-12(20)7-8-14(16)21)10-17(28)25-15-6-4-3-5-13(15)19(22,23)24/h3-9H,2,10-11H2,1H3,(H,25,28)(H,26,29). The van der Waals surface area contributed by atoms with E-state index in [1.54, 1.807) is 6.92 Å². The molecule has 2 aromatic rings. The molecule has 0 atom stereocenters. The highest BCUT2D eigenvalue weighted by Gasteiger charge is 2.33. The van der Waals surface area contributed by atoms with Crippen LogP contribution in [0.15, 0.2) is 42.5 Å². The van der Waals surface area contributed by atoms with E-state index in [1.165, 1.54) is 17.0 Å². The van der Waals surface area contributed by atoms with Gasteiger partial charge in [0.25, 0.3) is 0 Å². The smallest absolute Gasteiger partial charge is 0.324 e. The fourth-order valence-corrected chi connectivity index (χ4v) is 2.50. The van der Waals surface area contributed by atoms with Crippen LogP contribution < -0.4 is 10.6 Å². The number of carbonyl (C=O) groups is 2. The van der Waals surface area contributed by atoms with E-state index >= 15 is 0 Å². The number of likely N-dealkylation sites (N-methyl/N-ethyl adjacent to an activating group) is 1. The van der Waals surface area contributed by atoms with Crippen molar-refractivity contribution in [1.82, 2.24) is 4.90 Å². The summed E-state index contributed by atoms with van der Waals surface area (Å²) in [6, 6.07) is 7.07. The van der Waals surface area contributed by atoms with E-state index in [-0.39, 0.29) is 25.3 Å². The van der Waals surface area contributed by atoms with E-state index in [4.69, 9.17) is 0 Å². The van der Waals surface area contributed by atoms with E-state index in [0.29, 0.717) is 0 Å². The lowest BCUT2D eigenvalue weighted by molar-refractivity contribution is -0.137. The molecule has 2 N–H and O–H groups in total. The lowest BCUT2D eigenvalue weighted by Crippen LogP contribution is -2.39. The maximum absolute atomic E-state index is 13.6. The molecule has 0 aliphatic heterocycles. The van der Waals surface area contributed by atoms with Crippen molar-refractivity contribution in [3.8, 4) is 0 Å². The van der Waals surface area contributed by atoms with E-state index in [0.717, 1.165) is 30.3 Å². The second kappa shape index (κ2) is 9.46. The van der Waals surface area contributed by atoms with Gasteiger partial charge in [-0.15, -0.1) is 0 Å². The topological polar surface area (TPSA) is 61.4 Å². The molecule has 0 saturated heterocycles. The second-order valence-electron chi connectivity index (χ2n) is 6.07. The van der Waals surface area contributed by atoms with Crippen LogP contribution >= 0.6 is 0 Å². The van der Waals surface area contributed by atoms with Crippen molar-refractivity contribution in [3.05, 3.63) is 59.7 Å². The van der Waals surface area contributed by atoms with E-state index in [1.807, 2.05) is 0 Å². The molecule has 29 heavy (non-hydrogen) atoms. The number of halogens is 5.